The van der Waals surface area contributed by atoms with Crippen molar-refractivity contribution < 1.29 is 14.6 Å². The molecule has 2 saturated carbocycles. The highest BCUT2D eigenvalue weighted by molar-refractivity contribution is 4.81. The maximum absolute atomic E-state index is 9.75. The van der Waals surface area contributed by atoms with E-state index in [9.17, 15) is 5.11 Å². The molecule has 2 N–H and O–H groups in total. The summed E-state index contributed by atoms with van der Waals surface area (Å²) in [4.78, 5) is 0. The molecule has 3 atom stereocenters. The monoisotopic (exact) mass is 243 g/mol. The summed E-state index contributed by atoms with van der Waals surface area (Å²) in [5, 5.41) is 13.1. The third kappa shape index (κ3) is 4.92. The Morgan fingerprint density at radius 2 is 2.12 bits per heavy atom. The van der Waals surface area contributed by atoms with E-state index in [1.807, 2.05) is 0 Å². The van der Waals surface area contributed by atoms with Crippen LogP contribution in [0.2, 0.25) is 0 Å². The summed E-state index contributed by atoms with van der Waals surface area (Å²) in [6, 6.07) is 0.498. The Bertz CT molecular complexity index is 221. The third-order valence-corrected chi connectivity index (χ3v) is 3.72. The van der Waals surface area contributed by atoms with Gasteiger partial charge in [-0.1, -0.05) is 0 Å². The smallest absolute Gasteiger partial charge is 0.0897 e. The number of ether oxygens (including phenoxy) is 2. The van der Waals surface area contributed by atoms with Crippen LogP contribution in [-0.4, -0.2) is 50.2 Å². The minimum Gasteiger partial charge on any atom is -0.389 e. The van der Waals surface area contributed by atoms with Gasteiger partial charge in [-0.2, -0.15) is 0 Å². The maximum Gasteiger partial charge on any atom is 0.0897 e. The van der Waals surface area contributed by atoms with Crippen molar-refractivity contribution in [1.82, 2.24) is 5.32 Å². The van der Waals surface area contributed by atoms with Gasteiger partial charge in [0, 0.05) is 26.3 Å². The summed E-state index contributed by atoms with van der Waals surface area (Å²) in [5.74, 6) is 0.771. The molecule has 0 spiro atoms. The van der Waals surface area contributed by atoms with Crippen LogP contribution >= 0.6 is 0 Å². The molecule has 0 bridgehead atoms. The van der Waals surface area contributed by atoms with E-state index in [0.717, 1.165) is 31.8 Å². The lowest BCUT2D eigenvalue weighted by Gasteiger charge is -2.16. The van der Waals surface area contributed by atoms with Crippen molar-refractivity contribution in [2.45, 2.75) is 50.4 Å². The Labute approximate surface area is 104 Å². The van der Waals surface area contributed by atoms with E-state index in [1.165, 1.54) is 12.8 Å². The van der Waals surface area contributed by atoms with Crippen molar-refractivity contribution in [2.24, 2.45) is 5.92 Å². The number of hydrogen-bond acceptors (Lipinski definition) is 4. The number of aliphatic hydroxyl groups excluding tert-OH is 1. The molecule has 3 unspecified atom stereocenters. The van der Waals surface area contributed by atoms with Gasteiger partial charge in [-0.05, 0) is 38.0 Å². The van der Waals surface area contributed by atoms with E-state index < -0.39 is 0 Å². The molecule has 0 aromatic carbocycles. The molecule has 17 heavy (non-hydrogen) atoms. The summed E-state index contributed by atoms with van der Waals surface area (Å²) in [6.45, 7) is 1.92. The van der Waals surface area contributed by atoms with Gasteiger partial charge in [0.05, 0.1) is 18.8 Å². The summed E-state index contributed by atoms with van der Waals surface area (Å²) in [6.07, 6.45) is 5.96. The molecule has 0 amide bonds. The Balaban J connectivity index is 1.48. The quantitative estimate of drug-likeness (QED) is 0.666. The van der Waals surface area contributed by atoms with Crippen LogP contribution in [0.1, 0.15) is 32.1 Å². The molecule has 0 heterocycles. The lowest BCUT2D eigenvalue weighted by molar-refractivity contribution is 0.0309. The maximum atomic E-state index is 9.75. The molecule has 2 aliphatic rings. The fraction of sp³-hybridized carbons (Fsp3) is 1.00. The molecule has 4 nitrogen and oxygen atoms in total. The van der Waals surface area contributed by atoms with Gasteiger partial charge in [-0.15, -0.1) is 0 Å². The van der Waals surface area contributed by atoms with Crippen LogP contribution in [0.5, 0.6) is 0 Å². The lowest BCUT2D eigenvalue weighted by Crippen LogP contribution is -2.36. The van der Waals surface area contributed by atoms with Crippen LogP contribution in [0, 0.1) is 5.92 Å². The van der Waals surface area contributed by atoms with Gasteiger partial charge in [0.25, 0.3) is 0 Å². The van der Waals surface area contributed by atoms with E-state index in [2.05, 4.69) is 5.32 Å². The molecular weight excluding hydrogens is 218 g/mol. The van der Waals surface area contributed by atoms with Gasteiger partial charge < -0.3 is 19.9 Å². The molecule has 2 aliphatic carbocycles. The van der Waals surface area contributed by atoms with Gasteiger partial charge in [0.2, 0.25) is 0 Å². The second kappa shape index (κ2) is 6.69. The first-order chi connectivity index (χ1) is 8.28. The third-order valence-electron chi connectivity index (χ3n) is 3.72. The molecule has 4 heteroatoms. The summed E-state index contributed by atoms with van der Waals surface area (Å²) in [7, 11) is 1.77. The Morgan fingerprint density at radius 3 is 2.76 bits per heavy atom. The molecule has 2 rings (SSSR count). The van der Waals surface area contributed by atoms with Crippen LogP contribution in [0.4, 0.5) is 0 Å². The van der Waals surface area contributed by atoms with Gasteiger partial charge in [-0.3, -0.25) is 0 Å². The standard InChI is InChI=1S/C13H25NO3/c1-16-13-5-4-11(6-13)14-7-12(15)9-17-8-10-2-3-10/h10-15H,2-9H2,1H3. The molecule has 0 aromatic rings. The molecule has 0 saturated heterocycles. The first-order valence-electron chi connectivity index (χ1n) is 6.80. The zero-order chi connectivity index (χ0) is 12.1. The average molecular weight is 243 g/mol. The van der Waals surface area contributed by atoms with E-state index in [1.54, 1.807) is 7.11 Å². The number of nitrogens with one attached hydrogen (secondary N) is 1. The van der Waals surface area contributed by atoms with E-state index in [4.69, 9.17) is 9.47 Å². The van der Waals surface area contributed by atoms with Crippen molar-refractivity contribution in [3.05, 3.63) is 0 Å². The highest BCUT2D eigenvalue weighted by Gasteiger charge is 2.25. The van der Waals surface area contributed by atoms with Crippen LogP contribution in [0.25, 0.3) is 0 Å². The first kappa shape index (κ1) is 13.3. The normalized spacial score (nSPS) is 30.7. The van der Waals surface area contributed by atoms with Crippen LogP contribution < -0.4 is 5.32 Å². The Hall–Kier alpha value is -0.160. The topological polar surface area (TPSA) is 50.7 Å². The summed E-state index contributed by atoms with van der Waals surface area (Å²) >= 11 is 0. The minimum atomic E-state index is -0.379. The number of aliphatic hydroxyl groups is 1. The van der Waals surface area contributed by atoms with Gasteiger partial charge in [0.1, 0.15) is 0 Å². The highest BCUT2D eigenvalue weighted by Crippen LogP contribution is 2.28. The number of rotatable bonds is 8. The van der Waals surface area contributed by atoms with Crippen LogP contribution in [-0.2, 0) is 9.47 Å². The molecule has 0 aliphatic heterocycles. The van der Waals surface area contributed by atoms with Gasteiger partial charge in [0.15, 0.2) is 0 Å². The second-order valence-corrected chi connectivity index (χ2v) is 5.41. The summed E-state index contributed by atoms with van der Waals surface area (Å²) < 4.78 is 10.8. The zero-order valence-corrected chi connectivity index (χ0v) is 10.7. The predicted octanol–water partition coefficient (Wildman–Crippen LogP) is 0.931. The predicted molar refractivity (Wildman–Crippen MR) is 66.0 cm³/mol. The largest absolute Gasteiger partial charge is 0.389 e. The van der Waals surface area contributed by atoms with Crippen molar-refractivity contribution in [3.63, 3.8) is 0 Å². The fourth-order valence-corrected chi connectivity index (χ4v) is 2.36. The van der Waals surface area contributed by atoms with Gasteiger partial charge >= 0.3 is 0 Å². The second-order valence-electron chi connectivity index (χ2n) is 5.41. The molecule has 100 valence electrons. The molecule has 2 fully saturated rings. The van der Waals surface area contributed by atoms with Crippen molar-refractivity contribution >= 4 is 0 Å². The van der Waals surface area contributed by atoms with E-state index in [0.29, 0.717) is 25.3 Å². The average Bonchev–Trinajstić information content (AvgIpc) is 3.04. The van der Waals surface area contributed by atoms with Gasteiger partial charge in [-0.25, -0.2) is 0 Å². The molecule has 0 radical (unpaired) electrons. The van der Waals surface area contributed by atoms with Crippen molar-refractivity contribution in [1.29, 1.82) is 0 Å². The SMILES string of the molecule is COC1CCC(NCC(O)COCC2CC2)C1. The van der Waals surface area contributed by atoms with Crippen molar-refractivity contribution in [2.75, 3.05) is 26.9 Å². The van der Waals surface area contributed by atoms with Crippen molar-refractivity contribution in [3.8, 4) is 0 Å². The Kier molecular flexibility index (Phi) is 5.22. The van der Waals surface area contributed by atoms with Crippen LogP contribution in [0.15, 0.2) is 0 Å². The first-order valence-corrected chi connectivity index (χ1v) is 6.80. The number of methoxy groups -OCH3 is 1. The van der Waals surface area contributed by atoms with E-state index >= 15 is 0 Å². The van der Waals surface area contributed by atoms with E-state index in [-0.39, 0.29) is 6.10 Å². The van der Waals surface area contributed by atoms with Crippen LogP contribution in [0.3, 0.4) is 0 Å². The molecular formula is C13H25NO3. The lowest BCUT2D eigenvalue weighted by atomic mass is 10.2. The minimum absolute atomic E-state index is 0.379. The molecule has 0 aromatic heterocycles. The Morgan fingerprint density at radius 1 is 1.29 bits per heavy atom. The fourth-order valence-electron chi connectivity index (χ4n) is 2.36. The zero-order valence-electron chi connectivity index (χ0n) is 10.7. The summed E-state index contributed by atoms with van der Waals surface area (Å²) in [5.41, 5.74) is 0. The highest BCUT2D eigenvalue weighted by atomic mass is 16.5. The number of hydrogen-bond donors (Lipinski definition) is 2.